The van der Waals surface area contributed by atoms with Crippen molar-refractivity contribution in [2.75, 3.05) is 25.5 Å². The maximum atomic E-state index is 12.9. The van der Waals surface area contributed by atoms with E-state index in [1.165, 1.54) is 0 Å². The van der Waals surface area contributed by atoms with E-state index in [0.717, 1.165) is 29.9 Å². The van der Waals surface area contributed by atoms with Crippen LogP contribution >= 0.6 is 0 Å². The summed E-state index contributed by atoms with van der Waals surface area (Å²) >= 11 is 0. The molecular formula is C23H23N7O2. The van der Waals surface area contributed by atoms with Gasteiger partial charge in [-0.15, -0.1) is 0 Å². The van der Waals surface area contributed by atoms with Crippen LogP contribution in [0.4, 0.5) is 5.82 Å². The van der Waals surface area contributed by atoms with Gasteiger partial charge in [0.05, 0.1) is 12.3 Å². The summed E-state index contributed by atoms with van der Waals surface area (Å²) in [5.74, 6) is 0.0112. The molecule has 4 aromatic heterocycles. The number of aromatic nitrogens is 5. The molecule has 1 aliphatic rings. The summed E-state index contributed by atoms with van der Waals surface area (Å²) in [5.41, 5.74) is 10.5. The van der Waals surface area contributed by atoms with Crippen molar-refractivity contribution in [2.45, 2.75) is 13.3 Å². The number of carbonyl (C=O) groups excluding carboxylic acids is 1. The molecule has 9 nitrogen and oxygen atoms in total. The van der Waals surface area contributed by atoms with Crippen molar-refractivity contribution in [3.05, 3.63) is 60.3 Å². The van der Waals surface area contributed by atoms with Crippen molar-refractivity contribution in [2.24, 2.45) is 5.92 Å². The number of nitrogens with two attached hydrogens (primary N) is 1. The van der Waals surface area contributed by atoms with Gasteiger partial charge in [-0.3, -0.25) is 9.78 Å². The molecule has 0 aliphatic carbocycles. The Morgan fingerprint density at radius 3 is 2.91 bits per heavy atom. The number of ether oxygens (including phenoxy) is 1. The Morgan fingerprint density at radius 1 is 1.22 bits per heavy atom. The van der Waals surface area contributed by atoms with Gasteiger partial charge in [0.15, 0.2) is 11.5 Å². The molecule has 0 bridgehead atoms. The van der Waals surface area contributed by atoms with E-state index in [4.69, 9.17) is 10.5 Å². The van der Waals surface area contributed by atoms with Gasteiger partial charge in [0, 0.05) is 48.9 Å². The molecular weight excluding hydrogens is 406 g/mol. The lowest BCUT2D eigenvalue weighted by Crippen LogP contribution is -2.31. The fourth-order valence-electron chi connectivity index (χ4n) is 3.81. The standard InChI is InChI=1S/C23H23N7O2/c1-14-10-26-18-6-5-16(12-30(14)18)19-20(17-4-2-3-8-25-17)29-22(24)21(28-19)23(31)27-11-15-7-9-32-13-15/h2-6,8,10,12,15H,7,9,11,13H2,1H3,(H2,24,29)(H,27,31)/t15-/m1/s1. The third-order valence-corrected chi connectivity index (χ3v) is 5.58. The van der Waals surface area contributed by atoms with Gasteiger partial charge in [0.2, 0.25) is 0 Å². The topological polar surface area (TPSA) is 120 Å². The summed E-state index contributed by atoms with van der Waals surface area (Å²) in [6.45, 7) is 3.86. The van der Waals surface area contributed by atoms with Gasteiger partial charge < -0.3 is 20.2 Å². The monoisotopic (exact) mass is 429 g/mol. The number of nitrogens with zero attached hydrogens (tertiary/aromatic N) is 5. The number of rotatable bonds is 5. The Hall–Kier alpha value is -3.85. The number of anilines is 1. The fourth-order valence-corrected chi connectivity index (χ4v) is 3.81. The van der Waals surface area contributed by atoms with Gasteiger partial charge in [-0.2, -0.15) is 0 Å². The molecule has 162 valence electrons. The molecule has 32 heavy (non-hydrogen) atoms. The molecule has 4 aromatic rings. The molecule has 0 spiro atoms. The minimum atomic E-state index is -0.351. The van der Waals surface area contributed by atoms with E-state index in [1.54, 1.807) is 12.4 Å². The molecule has 1 aliphatic heterocycles. The van der Waals surface area contributed by atoms with E-state index >= 15 is 0 Å². The summed E-state index contributed by atoms with van der Waals surface area (Å²) in [6, 6.07) is 9.36. The minimum absolute atomic E-state index is 0.0643. The maximum absolute atomic E-state index is 12.9. The van der Waals surface area contributed by atoms with Crippen molar-refractivity contribution in [3.8, 4) is 22.6 Å². The first-order chi connectivity index (χ1) is 15.6. The first-order valence-corrected chi connectivity index (χ1v) is 10.5. The average Bonchev–Trinajstić information content (AvgIpc) is 3.47. The number of imidazole rings is 1. The van der Waals surface area contributed by atoms with Crippen LogP contribution in [0.2, 0.25) is 0 Å². The Morgan fingerprint density at radius 2 is 2.12 bits per heavy atom. The summed E-state index contributed by atoms with van der Waals surface area (Å²) in [6.07, 6.45) is 6.35. The van der Waals surface area contributed by atoms with Crippen molar-refractivity contribution in [1.82, 2.24) is 29.7 Å². The van der Waals surface area contributed by atoms with E-state index in [1.807, 2.05) is 47.9 Å². The van der Waals surface area contributed by atoms with Gasteiger partial charge in [-0.1, -0.05) is 6.07 Å². The zero-order valence-corrected chi connectivity index (χ0v) is 17.7. The highest BCUT2D eigenvalue weighted by Crippen LogP contribution is 2.30. The molecule has 1 fully saturated rings. The highest BCUT2D eigenvalue weighted by Gasteiger charge is 2.22. The number of amides is 1. The Labute approximate surface area is 184 Å². The molecule has 5 heterocycles. The smallest absolute Gasteiger partial charge is 0.273 e. The summed E-state index contributed by atoms with van der Waals surface area (Å²) in [4.78, 5) is 30.9. The van der Waals surface area contributed by atoms with Gasteiger partial charge in [-0.05, 0) is 37.6 Å². The number of hydrogen-bond donors (Lipinski definition) is 2. The average molecular weight is 429 g/mol. The van der Waals surface area contributed by atoms with Crippen LogP contribution in [-0.2, 0) is 4.74 Å². The molecule has 1 amide bonds. The lowest BCUT2D eigenvalue weighted by atomic mass is 10.1. The predicted molar refractivity (Wildman–Crippen MR) is 120 cm³/mol. The van der Waals surface area contributed by atoms with Crippen LogP contribution in [0.1, 0.15) is 22.6 Å². The van der Waals surface area contributed by atoms with Crippen LogP contribution < -0.4 is 11.1 Å². The van der Waals surface area contributed by atoms with Crippen molar-refractivity contribution in [3.63, 3.8) is 0 Å². The molecule has 3 N–H and O–H groups in total. The van der Waals surface area contributed by atoms with Gasteiger partial charge in [0.1, 0.15) is 17.0 Å². The van der Waals surface area contributed by atoms with Crippen molar-refractivity contribution >= 4 is 17.4 Å². The van der Waals surface area contributed by atoms with Crippen LogP contribution in [0, 0.1) is 12.8 Å². The van der Waals surface area contributed by atoms with Crippen LogP contribution in [0.5, 0.6) is 0 Å². The van der Waals surface area contributed by atoms with Crippen LogP contribution in [-0.4, -0.2) is 50.0 Å². The summed E-state index contributed by atoms with van der Waals surface area (Å²) in [7, 11) is 0. The minimum Gasteiger partial charge on any atom is -0.382 e. The number of nitrogens with one attached hydrogen (secondary N) is 1. The van der Waals surface area contributed by atoms with E-state index < -0.39 is 0 Å². The molecule has 0 saturated carbocycles. The molecule has 0 unspecified atom stereocenters. The first-order valence-electron chi connectivity index (χ1n) is 10.5. The Kier molecular flexibility index (Phi) is 5.24. The second-order valence-corrected chi connectivity index (χ2v) is 7.85. The Balaban J connectivity index is 1.59. The maximum Gasteiger partial charge on any atom is 0.273 e. The zero-order valence-electron chi connectivity index (χ0n) is 17.7. The molecule has 0 radical (unpaired) electrons. The summed E-state index contributed by atoms with van der Waals surface area (Å²) < 4.78 is 7.35. The quantitative estimate of drug-likeness (QED) is 0.500. The molecule has 1 atom stereocenters. The largest absolute Gasteiger partial charge is 0.382 e. The molecule has 0 aromatic carbocycles. The van der Waals surface area contributed by atoms with Gasteiger partial charge in [0.25, 0.3) is 5.91 Å². The van der Waals surface area contributed by atoms with Gasteiger partial charge in [-0.25, -0.2) is 15.0 Å². The van der Waals surface area contributed by atoms with E-state index in [9.17, 15) is 4.79 Å². The third kappa shape index (κ3) is 3.78. The van der Waals surface area contributed by atoms with Gasteiger partial charge >= 0.3 is 0 Å². The second kappa shape index (κ2) is 8.35. The highest BCUT2D eigenvalue weighted by molar-refractivity contribution is 5.97. The summed E-state index contributed by atoms with van der Waals surface area (Å²) in [5, 5.41) is 2.92. The number of nitrogen functional groups attached to an aromatic ring is 1. The Bertz CT molecular complexity index is 1280. The first kappa shape index (κ1) is 20.1. The molecule has 5 rings (SSSR count). The molecule has 1 saturated heterocycles. The normalized spacial score (nSPS) is 15.8. The number of aryl methyl sites for hydroxylation is 1. The second-order valence-electron chi connectivity index (χ2n) is 7.85. The number of fused-ring (bicyclic) bond motifs is 1. The van der Waals surface area contributed by atoms with E-state index in [-0.39, 0.29) is 17.4 Å². The SMILES string of the molecule is Cc1cnc2ccc(-c3nc(C(=O)NC[C@H]4CCOC4)c(N)nc3-c3ccccn3)cn12. The van der Waals surface area contributed by atoms with Crippen molar-refractivity contribution < 1.29 is 9.53 Å². The van der Waals surface area contributed by atoms with E-state index in [0.29, 0.717) is 36.2 Å². The number of carbonyl (C=O) groups is 1. The lowest BCUT2D eigenvalue weighted by Gasteiger charge is -2.14. The predicted octanol–water partition coefficient (Wildman–Crippen LogP) is 2.51. The van der Waals surface area contributed by atoms with Crippen molar-refractivity contribution in [1.29, 1.82) is 0 Å². The highest BCUT2D eigenvalue weighted by atomic mass is 16.5. The number of hydrogen-bond acceptors (Lipinski definition) is 7. The fraction of sp³-hybridized carbons (Fsp3) is 0.261. The zero-order chi connectivity index (χ0) is 22.1. The number of pyridine rings is 2. The van der Waals surface area contributed by atoms with Crippen LogP contribution in [0.25, 0.3) is 28.3 Å². The van der Waals surface area contributed by atoms with Crippen LogP contribution in [0.15, 0.2) is 48.9 Å². The van der Waals surface area contributed by atoms with Crippen LogP contribution in [0.3, 0.4) is 0 Å². The third-order valence-electron chi connectivity index (χ3n) is 5.58. The lowest BCUT2D eigenvalue weighted by molar-refractivity contribution is 0.0941. The molecule has 9 heteroatoms. The van der Waals surface area contributed by atoms with E-state index in [2.05, 4.69) is 25.3 Å².